The molecule has 0 heterocycles. The van der Waals surface area contributed by atoms with E-state index in [4.69, 9.17) is 0 Å². The first-order valence-corrected chi connectivity index (χ1v) is 8.22. The van der Waals surface area contributed by atoms with E-state index in [2.05, 4.69) is 5.32 Å². The second-order valence-electron chi connectivity index (χ2n) is 7.64. The molecule has 4 rings (SSSR count). The Morgan fingerprint density at radius 2 is 1.43 bits per heavy atom. The predicted octanol–water partition coefficient (Wildman–Crippen LogP) is 4.95. The van der Waals surface area contributed by atoms with Crippen LogP contribution in [0.5, 0.6) is 0 Å². The first-order valence-electron chi connectivity index (χ1n) is 8.22. The van der Waals surface area contributed by atoms with E-state index in [0.29, 0.717) is 12.0 Å². The Morgan fingerprint density at radius 3 is 1.90 bits per heavy atom. The molecule has 0 aromatic rings. The molecule has 4 aliphatic rings. The lowest BCUT2D eigenvalue weighted by Gasteiger charge is -2.57. The summed E-state index contributed by atoms with van der Waals surface area (Å²) in [4.78, 5) is 0. The van der Waals surface area contributed by atoms with E-state index in [1.807, 2.05) is 0 Å². The van der Waals surface area contributed by atoms with Gasteiger partial charge in [-0.15, -0.1) is 12.4 Å². The molecule has 4 fully saturated rings. The monoisotopic (exact) mass is 325 g/mol. The number of rotatable bonds is 6. The molecule has 0 unspecified atom stereocenters. The molecule has 1 nitrogen and oxygen atoms in total. The van der Waals surface area contributed by atoms with E-state index in [1.165, 1.54) is 44.9 Å². The summed E-state index contributed by atoms with van der Waals surface area (Å²) in [6, 6.07) is 0. The van der Waals surface area contributed by atoms with Crippen LogP contribution in [0.2, 0.25) is 0 Å². The maximum absolute atomic E-state index is 12.0. The van der Waals surface area contributed by atoms with Crippen LogP contribution in [-0.2, 0) is 0 Å². The van der Waals surface area contributed by atoms with Crippen molar-refractivity contribution in [2.45, 2.75) is 64.0 Å². The van der Waals surface area contributed by atoms with Crippen LogP contribution in [0.3, 0.4) is 0 Å². The van der Waals surface area contributed by atoms with Gasteiger partial charge in [0, 0.05) is 6.42 Å². The number of halogens is 4. The van der Waals surface area contributed by atoms with Crippen molar-refractivity contribution >= 4 is 12.4 Å². The summed E-state index contributed by atoms with van der Waals surface area (Å²) in [5, 5.41) is 3.23. The number of alkyl halides is 3. The van der Waals surface area contributed by atoms with Gasteiger partial charge in [0.05, 0.1) is 0 Å². The molecule has 21 heavy (non-hydrogen) atoms. The van der Waals surface area contributed by atoms with E-state index in [9.17, 15) is 13.2 Å². The molecule has 0 spiro atoms. The minimum Gasteiger partial charge on any atom is -0.317 e. The second-order valence-corrected chi connectivity index (χ2v) is 7.64. The molecule has 4 bridgehead atoms. The lowest BCUT2D eigenvalue weighted by atomic mass is 9.49. The second kappa shape index (κ2) is 6.66. The first-order chi connectivity index (χ1) is 9.44. The van der Waals surface area contributed by atoms with Crippen molar-refractivity contribution in [3.05, 3.63) is 0 Å². The average molecular weight is 326 g/mol. The van der Waals surface area contributed by atoms with E-state index in [-0.39, 0.29) is 18.8 Å². The summed E-state index contributed by atoms with van der Waals surface area (Å²) in [6.07, 6.45) is 5.29. The lowest BCUT2D eigenvalue weighted by Crippen LogP contribution is -2.47. The Bertz CT molecular complexity index is 308. The average Bonchev–Trinajstić information content (AvgIpc) is 2.30. The van der Waals surface area contributed by atoms with Crippen molar-refractivity contribution in [3.63, 3.8) is 0 Å². The minimum absolute atomic E-state index is 0. The zero-order chi connectivity index (χ0) is 14.2. The van der Waals surface area contributed by atoms with Crippen LogP contribution in [0.15, 0.2) is 0 Å². The van der Waals surface area contributed by atoms with Crippen LogP contribution in [0.4, 0.5) is 13.2 Å². The van der Waals surface area contributed by atoms with Crippen LogP contribution in [-0.4, -0.2) is 19.3 Å². The molecule has 0 radical (unpaired) electrons. The fraction of sp³-hybridized carbons (Fsp3) is 1.00. The van der Waals surface area contributed by atoms with Gasteiger partial charge >= 0.3 is 6.18 Å². The normalized spacial score (nSPS) is 37.6. The minimum atomic E-state index is -4.00. The summed E-state index contributed by atoms with van der Waals surface area (Å²) in [5.74, 6) is 2.89. The summed E-state index contributed by atoms with van der Waals surface area (Å²) in [5.41, 5.74) is 0.547. The van der Waals surface area contributed by atoms with Gasteiger partial charge in [-0.25, -0.2) is 0 Å². The smallest absolute Gasteiger partial charge is 0.317 e. The van der Waals surface area contributed by atoms with Gasteiger partial charge < -0.3 is 5.32 Å². The quantitative estimate of drug-likeness (QED) is 0.681. The van der Waals surface area contributed by atoms with Gasteiger partial charge in [0.25, 0.3) is 0 Å². The van der Waals surface area contributed by atoms with E-state index < -0.39 is 12.6 Å². The third-order valence-electron chi connectivity index (χ3n) is 5.81. The number of nitrogens with one attached hydrogen (secondary N) is 1. The van der Waals surface area contributed by atoms with Crippen molar-refractivity contribution in [1.82, 2.24) is 5.32 Å². The summed E-state index contributed by atoms with van der Waals surface area (Å²) in [6.45, 7) is 1.41. The molecule has 0 aromatic heterocycles. The molecule has 4 saturated carbocycles. The highest BCUT2D eigenvalue weighted by Crippen LogP contribution is 2.61. The zero-order valence-electron chi connectivity index (χ0n) is 12.6. The van der Waals surface area contributed by atoms with Crippen molar-refractivity contribution < 1.29 is 13.2 Å². The van der Waals surface area contributed by atoms with Crippen LogP contribution >= 0.6 is 12.4 Å². The Kier molecular flexibility index (Phi) is 5.51. The Labute approximate surface area is 131 Å². The van der Waals surface area contributed by atoms with Crippen molar-refractivity contribution in [3.8, 4) is 0 Å². The maximum atomic E-state index is 12.0. The molecule has 4 aliphatic carbocycles. The fourth-order valence-corrected chi connectivity index (χ4v) is 5.49. The van der Waals surface area contributed by atoms with Crippen molar-refractivity contribution in [2.75, 3.05) is 13.1 Å². The highest BCUT2D eigenvalue weighted by Gasteiger charge is 2.50. The zero-order valence-corrected chi connectivity index (χ0v) is 13.4. The molecular weight excluding hydrogens is 299 g/mol. The van der Waals surface area contributed by atoms with Gasteiger partial charge in [-0.2, -0.15) is 13.2 Å². The molecule has 0 aliphatic heterocycles. The molecule has 1 N–H and O–H groups in total. The predicted molar refractivity (Wildman–Crippen MR) is 80.6 cm³/mol. The SMILES string of the molecule is Cl.FC(F)(F)CCCNCCC12CC3CC(CC(C3)C1)C2. The van der Waals surface area contributed by atoms with Gasteiger partial charge in [0.15, 0.2) is 0 Å². The van der Waals surface area contributed by atoms with Gasteiger partial charge in [-0.3, -0.25) is 0 Å². The lowest BCUT2D eigenvalue weighted by molar-refractivity contribution is -0.135. The topological polar surface area (TPSA) is 12.0 Å². The van der Waals surface area contributed by atoms with Crippen LogP contribution < -0.4 is 5.32 Å². The van der Waals surface area contributed by atoms with Crippen molar-refractivity contribution in [2.24, 2.45) is 23.2 Å². The number of hydrogen-bond donors (Lipinski definition) is 1. The Morgan fingerprint density at radius 1 is 0.905 bits per heavy atom. The molecular formula is C16H27ClF3N. The summed E-state index contributed by atoms with van der Waals surface area (Å²) >= 11 is 0. The third-order valence-corrected chi connectivity index (χ3v) is 5.81. The van der Waals surface area contributed by atoms with Gasteiger partial charge in [-0.1, -0.05) is 0 Å². The molecule has 0 aromatic carbocycles. The van der Waals surface area contributed by atoms with Gasteiger partial charge in [0.2, 0.25) is 0 Å². The van der Waals surface area contributed by atoms with Crippen LogP contribution in [0.1, 0.15) is 57.8 Å². The van der Waals surface area contributed by atoms with Gasteiger partial charge in [-0.05, 0) is 87.6 Å². The number of hydrogen-bond acceptors (Lipinski definition) is 1. The standard InChI is InChI=1S/C16H26F3N.ClH/c17-16(18,19)2-1-4-20-5-3-15-9-12-6-13(10-15)8-14(7-12)11-15;/h12-14,20H,1-11H2;1H. The Hall–Kier alpha value is 0.0400. The van der Waals surface area contributed by atoms with E-state index >= 15 is 0 Å². The third kappa shape index (κ3) is 4.51. The van der Waals surface area contributed by atoms with Crippen molar-refractivity contribution in [1.29, 1.82) is 0 Å². The van der Waals surface area contributed by atoms with Crippen LogP contribution in [0, 0.1) is 23.2 Å². The van der Waals surface area contributed by atoms with E-state index in [0.717, 1.165) is 24.3 Å². The fourth-order valence-electron chi connectivity index (χ4n) is 5.49. The molecule has 0 atom stereocenters. The molecule has 5 heteroatoms. The van der Waals surface area contributed by atoms with Crippen LogP contribution in [0.25, 0.3) is 0 Å². The highest BCUT2D eigenvalue weighted by atomic mass is 35.5. The molecule has 124 valence electrons. The summed E-state index contributed by atoms with van der Waals surface area (Å²) in [7, 11) is 0. The van der Waals surface area contributed by atoms with Gasteiger partial charge in [0.1, 0.15) is 0 Å². The van der Waals surface area contributed by atoms with E-state index in [1.54, 1.807) is 0 Å². The molecule has 0 amide bonds. The Balaban J connectivity index is 0.00000161. The summed E-state index contributed by atoms with van der Waals surface area (Å²) < 4.78 is 36.1. The first kappa shape index (κ1) is 17.4. The molecule has 0 saturated heterocycles. The largest absolute Gasteiger partial charge is 0.389 e. The maximum Gasteiger partial charge on any atom is 0.389 e. The highest BCUT2D eigenvalue weighted by molar-refractivity contribution is 5.85.